The van der Waals surface area contributed by atoms with Crippen molar-refractivity contribution in [2.24, 2.45) is 11.1 Å². The molecule has 0 aromatic heterocycles. The Kier molecular flexibility index (Phi) is 7.07. The van der Waals surface area contributed by atoms with Gasteiger partial charge in [0.05, 0.1) is 0 Å². The van der Waals surface area contributed by atoms with Gasteiger partial charge < -0.3 is 16.0 Å². The summed E-state index contributed by atoms with van der Waals surface area (Å²) in [6.45, 7) is 2.57. The van der Waals surface area contributed by atoms with Crippen LogP contribution in [0.15, 0.2) is 30.3 Å². The summed E-state index contributed by atoms with van der Waals surface area (Å²) in [5, 5.41) is 2.98. The van der Waals surface area contributed by atoms with E-state index >= 15 is 0 Å². The highest BCUT2D eigenvalue weighted by molar-refractivity contribution is 6.02. The Hall–Kier alpha value is -1.59. The third-order valence-electron chi connectivity index (χ3n) is 5.81. The number of halogens is 1. The zero-order chi connectivity index (χ0) is 17.9. The number of carbonyl (C=O) groups is 2. The van der Waals surface area contributed by atoms with Gasteiger partial charge in [-0.15, -0.1) is 12.4 Å². The van der Waals surface area contributed by atoms with E-state index in [-0.39, 0.29) is 35.7 Å². The van der Waals surface area contributed by atoms with Gasteiger partial charge in [0.1, 0.15) is 6.04 Å². The molecule has 5 nitrogen and oxygen atoms in total. The van der Waals surface area contributed by atoms with Crippen LogP contribution in [-0.4, -0.2) is 30.4 Å². The lowest BCUT2D eigenvalue weighted by Gasteiger charge is -2.35. The molecule has 2 fully saturated rings. The van der Waals surface area contributed by atoms with Crippen LogP contribution in [0, 0.1) is 5.41 Å². The number of benzene rings is 1. The second-order valence-electron chi connectivity index (χ2n) is 7.69. The number of nitrogens with one attached hydrogen (secondary N) is 1. The SMILES string of the molecule is CC1CC(NC(=O)CC2(CN)CCCCC2)C(=O)N1c1ccccc1.Cl. The Morgan fingerprint density at radius 2 is 1.88 bits per heavy atom. The van der Waals surface area contributed by atoms with Gasteiger partial charge in [-0.3, -0.25) is 9.59 Å². The fourth-order valence-corrected chi connectivity index (χ4v) is 4.36. The summed E-state index contributed by atoms with van der Waals surface area (Å²) in [6, 6.07) is 9.31. The fourth-order valence-electron chi connectivity index (χ4n) is 4.36. The number of nitrogens with two attached hydrogens (primary N) is 1. The lowest BCUT2D eigenvalue weighted by molar-refractivity contribution is -0.128. The molecule has 0 bridgehead atoms. The zero-order valence-corrected chi connectivity index (χ0v) is 16.3. The Bertz CT molecular complexity index is 617. The van der Waals surface area contributed by atoms with Crippen LogP contribution >= 0.6 is 12.4 Å². The van der Waals surface area contributed by atoms with Gasteiger partial charge in [-0.1, -0.05) is 37.5 Å². The first-order valence-electron chi connectivity index (χ1n) is 9.42. The molecule has 0 spiro atoms. The summed E-state index contributed by atoms with van der Waals surface area (Å²) in [4.78, 5) is 27.2. The first-order valence-corrected chi connectivity index (χ1v) is 9.42. The van der Waals surface area contributed by atoms with E-state index in [4.69, 9.17) is 5.73 Å². The second-order valence-corrected chi connectivity index (χ2v) is 7.69. The van der Waals surface area contributed by atoms with Crippen molar-refractivity contribution in [2.45, 2.75) is 64.0 Å². The molecule has 2 atom stereocenters. The molecule has 2 amide bonds. The predicted octanol–water partition coefficient (Wildman–Crippen LogP) is 3.02. The number of carbonyl (C=O) groups excluding carboxylic acids is 2. The van der Waals surface area contributed by atoms with Crippen LogP contribution in [0.5, 0.6) is 0 Å². The highest BCUT2D eigenvalue weighted by Gasteiger charge is 2.40. The molecule has 1 heterocycles. The van der Waals surface area contributed by atoms with Gasteiger partial charge in [-0.2, -0.15) is 0 Å². The summed E-state index contributed by atoms with van der Waals surface area (Å²) >= 11 is 0. The van der Waals surface area contributed by atoms with E-state index in [1.165, 1.54) is 6.42 Å². The number of nitrogens with zero attached hydrogens (tertiary/aromatic N) is 1. The van der Waals surface area contributed by atoms with Crippen molar-refractivity contribution in [3.63, 3.8) is 0 Å². The Morgan fingerprint density at radius 3 is 2.50 bits per heavy atom. The second kappa shape index (κ2) is 8.87. The quantitative estimate of drug-likeness (QED) is 0.825. The van der Waals surface area contributed by atoms with Crippen molar-refractivity contribution in [3.8, 4) is 0 Å². The van der Waals surface area contributed by atoms with Crippen molar-refractivity contribution in [1.82, 2.24) is 5.32 Å². The van der Waals surface area contributed by atoms with Gasteiger partial charge >= 0.3 is 0 Å². The Morgan fingerprint density at radius 1 is 1.23 bits per heavy atom. The molecule has 6 heteroatoms. The topological polar surface area (TPSA) is 75.4 Å². The van der Waals surface area contributed by atoms with Crippen molar-refractivity contribution >= 4 is 29.9 Å². The van der Waals surface area contributed by atoms with Crippen molar-refractivity contribution < 1.29 is 9.59 Å². The fraction of sp³-hybridized carbons (Fsp3) is 0.600. The van der Waals surface area contributed by atoms with Crippen LogP contribution in [-0.2, 0) is 9.59 Å². The Labute approximate surface area is 162 Å². The average molecular weight is 380 g/mol. The highest BCUT2D eigenvalue weighted by Crippen LogP contribution is 2.38. The summed E-state index contributed by atoms with van der Waals surface area (Å²) in [6.07, 6.45) is 6.64. The first kappa shape index (κ1) is 20.7. The Balaban J connectivity index is 0.00000243. The third-order valence-corrected chi connectivity index (χ3v) is 5.81. The van der Waals surface area contributed by atoms with Crippen molar-refractivity contribution in [1.29, 1.82) is 0 Å². The molecular formula is C20H30ClN3O2. The van der Waals surface area contributed by atoms with Crippen LogP contribution in [0.1, 0.15) is 51.9 Å². The van der Waals surface area contributed by atoms with Gasteiger partial charge in [0, 0.05) is 18.2 Å². The van der Waals surface area contributed by atoms with Crippen LogP contribution in [0.3, 0.4) is 0 Å². The van der Waals surface area contributed by atoms with E-state index in [0.29, 0.717) is 19.4 Å². The minimum Gasteiger partial charge on any atom is -0.344 e. The maximum Gasteiger partial charge on any atom is 0.249 e. The molecule has 3 rings (SSSR count). The molecule has 2 unspecified atom stereocenters. The maximum absolute atomic E-state index is 12.8. The number of anilines is 1. The molecule has 3 N–H and O–H groups in total. The molecule has 1 saturated carbocycles. The van der Waals surface area contributed by atoms with E-state index in [1.54, 1.807) is 4.90 Å². The molecule has 144 valence electrons. The standard InChI is InChI=1S/C20H29N3O2.ClH/c1-15-12-17(19(25)23(15)16-8-4-2-5-9-16)22-18(24)13-20(14-21)10-6-3-7-11-20;/h2,4-5,8-9,15,17H,3,6-7,10-14,21H2,1H3,(H,22,24);1H. The lowest BCUT2D eigenvalue weighted by atomic mass is 9.71. The normalized spacial score (nSPS) is 24.8. The number of hydrogen-bond donors (Lipinski definition) is 2. The van der Waals surface area contributed by atoms with Crippen LogP contribution in [0.2, 0.25) is 0 Å². The van der Waals surface area contributed by atoms with E-state index in [2.05, 4.69) is 5.32 Å². The van der Waals surface area contributed by atoms with Gasteiger partial charge in [-0.25, -0.2) is 0 Å². The summed E-state index contributed by atoms with van der Waals surface area (Å²) in [5.41, 5.74) is 6.80. The number of amides is 2. The van der Waals surface area contributed by atoms with Gasteiger partial charge in [0.15, 0.2) is 0 Å². The molecular weight excluding hydrogens is 350 g/mol. The van der Waals surface area contributed by atoms with Crippen LogP contribution < -0.4 is 16.0 Å². The van der Waals surface area contributed by atoms with E-state index in [0.717, 1.165) is 31.4 Å². The largest absolute Gasteiger partial charge is 0.344 e. The number of rotatable bonds is 5. The van der Waals surface area contributed by atoms with Crippen LogP contribution in [0.25, 0.3) is 0 Å². The molecule has 1 aromatic carbocycles. The molecule has 1 aliphatic heterocycles. The van der Waals surface area contributed by atoms with E-state index in [1.807, 2.05) is 37.3 Å². The van der Waals surface area contributed by atoms with Gasteiger partial charge in [-0.05, 0) is 50.3 Å². The van der Waals surface area contributed by atoms with Gasteiger partial charge in [0.25, 0.3) is 0 Å². The molecule has 2 aliphatic rings. The monoisotopic (exact) mass is 379 g/mol. The average Bonchev–Trinajstić information content (AvgIpc) is 2.90. The molecule has 0 radical (unpaired) electrons. The van der Waals surface area contributed by atoms with Crippen molar-refractivity contribution in [3.05, 3.63) is 30.3 Å². The van der Waals surface area contributed by atoms with E-state index in [9.17, 15) is 9.59 Å². The smallest absolute Gasteiger partial charge is 0.249 e. The molecule has 26 heavy (non-hydrogen) atoms. The highest BCUT2D eigenvalue weighted by atomic mass is 35.5. The summed E-state index contributed by atoms with van der Waals surface area (Å²) in [5.74, 6) is -0.0506. The van der Waals surface area contributed by atoms with E-state index < -0.39 is 6.04 Å². The molecule has 1 aliphatic carbocycles. The maximum atomic E-state index is 12.8. The summed E-state index contributed by atoms with van der Waals surface area (Å²) < 4.78 is 0. The zero-order valence-electron chi connectivity index (χ0n) is 15.4. The third kappa shape index (κ3) is 4.38. The number of para-hydroxylation sites is 1. The van der Waals surface area contributed by atoms with Crippen molar-refractivity contribution in [2.75, 3.05) is 11.4 Å². The van der Waals surface area contributed by atoms with Crippen LogP contribution in [0.4, 0.5) is 5.69 Å². The minimum absolute atomic E-state index is 0. The summed E-state index contributed by atoms with van der Waals surface area (Å²) in [7, 11) is 0. The lowest BCUT2D eigenvalue weighted by Crippen LogP contribution is -2.45. The molecule has 1 saturated heterocycles. The van der Waals surface area contributed by atoms with Gasteiger partial charge in [0.2, 0.25) is 11.8 Å². The minimum atomic E-state index is -0.430. The first-order chi connectivity index (χ1) is 12.0. The molecule has 1 aromatic rings. The number of hydrogen-bond acceptors (Lipinski definition) is 3. The predicted molar refractivity (Wildman–Crippen MR) is 106 cm³/mol.